The summed E-state index contributed by atoms with van der Waals surface area (Å²) in [4.78, 5) is 4.63. The molecule has 0 spiro atoms. The largest absolute Gasteiger partial charge is 0.456 e. The van der Waals surface area contributed by atoms with Crippen LogP contribution < -0.4 is 10.3 Å². The molecule has 0 unspecified atom stereocenters. The van der Waals surface area contributed by atoms with Crippen molar-refractivity contribution < 1.29 is 4.42 Å². The van der Waals surface area contributed by atoms with Crippen LogP contribution in [0.2, 0.25) is 0 Å². The van der Waals surface area contributed by atoms with Gasteiger partial charge in [0.15, 0.2) is 0 Å². The third-order valence-electron chi connectivity index (χ3n) is 6.52. The van der Waals surface area contributed by atoms with Crippen LogP contribution in [0, 0.1) is 5.41 Å². The van der Waals surface area contributed by atoms with Crippen LogP contribution in [0.1, 0.15) is 13.3 Å². The van der Waals surface area contributed by atoms with Crippen molar-refractivity contribution in [3.8, 4) is 22.5 Å². The Morgan fingerprint density at radius 2 is 1.65 bits per heavy atom. The molecule has 1 aliphatic carbocycles. The van der Waals surface area contributed by atoms with Gasteiger partial charge in [0.25, 0.3) is 0 Å². The Morgan fingerprint density at radius 3 is 2.44 bits per heavy atom. The summed E-state index contributed by atoms with van der Waals surface area (Å²) < 4.78 is 6.40. The van der Waals surface area contributed by atoms with E-state index in [-0.39, 0.29) is 0 Å². The van der Waals surface area contributed by atoms with Crippen molar-refractivity contribution in [1.82, 2.24) is 4.90 Å². The highest BCUT2D eigenvalue weighted by Gasteiger charge is 2.18. The lowest BCUT2D eigenvalue weighted by atomic mass is 9.92. The van der Waals surface area contributed by atoms with Crippen molar-refractivity contribution in [1.29, 1.82) is 5.41 Å². The van der Waals surface area contributed by atoms with Crippen LogP contribution in [0.15, 0.2) is 83.3 Å². The standard InChI is InChI=1S/C30H31N3O/c1-4-33(17-7-16-32(2)3)25-13-15-27-29(20-25)34-28-19-24(31)12-14-26(28)30(27)23-11-10-21-8-5-6-9-22(21)18-23/h5-6,8-15,18-20,31H,4,7,16-17H2,1-3H3. The van der Waals surface area contributed by atoms with Crippen LogP contribution in [0.4, 0.5) is 5.69 Å². The lowest BCUT2D eigenvalue weighted by molar-refractivity contribution is 0.400. The highest BCUT2D eigenvalue weighted by Crippen LogP contribution is 2.41. The molecule has 1 N–H and O–H groups in total. The van der Waals surface area contributed by atoms with Crippen LogP contribution in [-0.4, -0.2) is 38.6 Å². The Morgan fingerprint density at radius 1 is 0.824 bits per heavy atom. The van der Waals surface area contributed by atoms with Gasteiger partial charge < -0.3 is 19.6 Å². The number of nitrogens with zero attached hydrogens (tertiary/aromatic N) is 2. The molecule has 3 aromatic carbocycles. The number of hydrogen-bond donors (Lipinski definition) is 1. The van der Waals surface area contributed by atoms with Gasteiger partial charge in [0.05, 0.1) is 5.36 Å². The zero-order valence-electron chi connectivity index (χ0n) is 20.1. The molecule has 4 nitrogen and oxygen atoms in total. The first-order valence-electron chi connectivity index (χ1n) is 12.0. The Bertz CT molecular complexity index is 1480. The summed E-state index contributed by atoms with van der Waals surface area (Å²) in [5.41, 5.74) is 5.37. The summed E-state index contributed by atoms with van der Waals surface area (Å²) in [7, 11) is 4.23. The monoisotopic (exact) mass is 449 g/mol. The maximum Gasteiger partial charge on any atom is 0.137 e. The number of rotatable bonds is 7. The Kier molecular flexibility index (Phi) is 6.08. The second-order valence-electron chi connectivity index (χ2n) is 9.17. The maximum absolute atomic E-state index is 8.15. The molecule has 34 heavy (non-hydrogen) atoms. The molecule has 0 atom stereocenters. The third kappa shape index (κ3) is 4.29. The molecule has 0 fully saturated rings. The number of hydrogen-bond acceptors (Lipinski definition) is 4. The molecule has 0 aromatic heterocycles. The normalized spacial score (nSPS) is 11.6. The van der Waals surface area contributed by atoms with Gasteiger partial charge in [-0.3, -0.25) is 0 Å². The van der Waals surface area contributed by atoms with E-state index >= 15 is 0 Å². The second-order valence-corrected chi connectivity index (χ2v) is 9.17. The van der Waals surface area contributed by atoms with E-state index in [1.54, 1.807) is 0 Å². The minimum Gasteiger partial charge on any atom is -0.456 e. The quantitative estimate of drug-likeness (QED) is 0.284. The first-order chi connectivity index (χ1) is 16.5. The Labute approximate surface area is 200 Å². The summed E-state index contributed by atoms with van der Waals surface area (Å²) in [5, 5.41) is 12.1. The smallest absolute Gasteiger partial charge is 0.137 e. The van der Waals surface area contributed by atoms with Crippen LogP contribution in [-0.2, 0) is 0 Å². The third-order valence-corrected chi connectivity index (χ3v) is 6.52. The zero-order valence-corrected chi connectivity index (χ0v) is 20.1. The van der Waals surface area contributed by atoms with E-state index in [0.717, 1.165) is 59.5 Å². The first-order valence-corrected chi connectivity index (χ1v) is 12.0. The predicted molar refractivity (Wildman–Crippen MR) is 143 cm³/mol. The molecule has 4 heteroatoms. The molecular weight excluding hydrogens is 418 g/mol. The second kappa shape index (κ2) is 9.32. The zero-order chi connectivity index (χ0) is 23.7. The van der Waals surface area contributed by atoms with E-state index in [1.165, 1.54) is 16.5 Å². The van der Waals surface area contributed by atoms with Crippen molar-refractivity contribution in [3.63, 3.8) is 0 Å². The lowest BCUT2D eigenvalue weighted by Crippen LogP contribution is -2.26. The highest BCUT2D eigenvalue weighted by molar-refractivity contribution is 6.04. The summed E-state index contributed by atoms with van der Waals surface area (Å²) in [6, 6.07) is 27.3. The van der Waals surface area contributed by atoms with Crippen molar-refractivity contribution in [2.45, 2.75) is 13.3 Å². The molecule has 3 aromatic rings. The van der Waals surface area contributed by atoms with Gasteiger partial charge in [-0.15, -0.1) is 0 Å². The van der Waals surface area contributed by atoms with E-state index in [1.807, 2.05) is 18.2 Å². The molecular formula is C30H31N3O. The minimum absolute atomic E-state index is 0.454. The van der Waals surface area contributed by atoms with Crippen molar-refractivity contribution >= 4 is 27.4 Å². The fourth-order valence-electron chi connectivity index (χ4n) is 4.78. The molecule has 0 bridgehead atoms. The van der Waals surface area contributed by atoms with Crippen LogP contribution in [0.5, 0.6) is 0 Å². The molecule has 1 heterocycles. The number of nitrogens with one attached hydrogen (secondary N) is 1. The highest BCUT2D eigenvalue weighted by atomic mass is 16.3. The Balaban J connectivity index is 1.68. The fraction of sp³-hybridized carbons (Fsp3) is 0.233. The predicted octanol–water partition coefficient (Wildman–Crippen LogP) is 6.62. The van der Waals surface area contributed by atoms with E-state index in [2.05, 4.69) is 91.5 Å². The lowest BCUT2D eigenvalue weighted by Gasteiger charge is -2.25. The summed E-state index contributed by atoms with van der Waals surface area (Å²) in [6.07, 6.45) is 1.11. The summed E-state index contributed by atoms with van der Waals surface area (Å²) in [6.45, 7) is 5.21. The topological polar surface area (TPSA) is 43.5 Å². The number of fused-ring (bicyclic) bond motifs is 3. The fourth-order valence-corrected chi connectivity index (χ4v) is 4.78. The van der Waals surface area contributed by atoms with Gasteiger partial charge in [0.1, 0.15) is 11.3 Å². The van der Waals surface area contributed by atoms with Crippen LogP contribution in [0.3, 0.4) is 0 Å². The van der Waals surface area contributed by atoms with Crippen LogP contribution in [0.25, 0.3) is 44.2 Å². The summed E-state index contributed by atoms with van der Waals surface area (Å²) in [5.74, 6) is 0.746. The molecule has 0 saturated heterocycles. The van der Waals surface area contributed by atoms with Gasteiger partial charge in [0, 0.05) is 47.4 Å². The number of anilines is 1. The van der Waals surface area contributed by atoms with E-state index < -0.39 is 0 Å². The molecule has 0 saturated carbocycles. The van der Waals surface area contributed by atoms with Gasteiger partial charge in [0.2, 0.25) is 0 Å². The van der Waals surface area contributed by atoms with Crippen molar-refractivity contribution in [2.75, 3.05) is 38.6 Å². The molecule has 2 aliphatic rings. The van der Waals surface area contributed by atoms with E-state index in [0.29, 0.717) is 5.36 Å². The molecule has 172 valence electrons. The van der Waals surface area contributed by atoms with Gasteiger partial charge in [-0.05, 0) is 80.7 Å². The van der Waals surface area contributed by atoms with Gasteiger partial charge >= 0.3 is 0 Å². The summed E-state index contributed by atoms with van der Waals surface area (Å²) >= 11 is 0. The first kappa shape index (κ1) is 22.2. The van der Waals surface area contributed by atoms with E-state index in [9.17, 15) is 0 Å². The maximum atomic E-state index is 8.15. The molecule has 0 amide bonds. The van der Waals surface area contributed by atoms with Crippen molar-refractivity contribution in [3.05, 3.63) is 84.2 Å². The van der Waals surface area contributed by atoms with Crippen molar-refractivity contribution in [2.24, 2.45) is 0 Å². The molecule has 0 radical (unpaired) electrons. The van der Waals surface area contributed by atoms with E-state index in [4.69, 9.17) is 9.83 Å². The van der Waals surface area contributed by atoms with Crippen LogP contribution >= 0.6 is 0 Å². The average Bonchev–Trinajstić information content (AvgIpc) is 2.84. The van der Waals surface area contributed by atoms with Gasteiger partial charge in [-0.2, -0.15) is 0 Å². The van der Waals surface area contributed by atoms with Gasteiger partial charge in [-0.1, -0.05) is 36.4 Å². The molecule has 1 aliphatic heterocycles. The molecule has 5 rings (SSSR count). The minimum atomic E-state index is 0.454. The number of benzene rings is 4. The van der Waals surface area contributed by atoms with Gasteiger partial charge in [-0.25, -0.2) is 0 Å². The Hall–Kier alpha value is -3.63. The average molecular weight is 450 g/mol. The SMILES string of the molecule is CCN(CCCN(C)C)c1ccc2c(-c3ccc4ccccc4c3)c3ccc(=N)cc-3oc2c1.